The summed E-state index contributed by atoms with van der Waals surface area (Å²) in [4.78, 5) is 3.15. The Morgan fingerprint density at radius 1 is 1.50 bits per heavy atom. The van der Waals surface area contributed by atoms with E-state index >= 15 is 0 Å². The maximum atomic E-state index is 12.2. The van der Waals surface area contributed by atoms with Crippen molar-refractivity contribution >= 4 is 5.82 Å². The highest BCUT2D eigenvalue weighted by Gasteiger charge is 2.10. The Labute approximate surface area is 55.1 Å². The fourth-order valence-corrected chi connectivity index (χ4v) is 0.470. The molecule has 0 atom stereocenters. The number of aromatic nitrogens is 1. The quantitative estimate of drug-likeness (QED) is 0.564. The molecule has 1 rings (SSSR count). The van der Waals surface area contributed by atoms with Crippen molar-refractivity contribution < 1.29 is 13.9 Å². The van der Waals surface area contributed by atoms with Crippen LogP contribution in [0.4, 0.5) is 14.6 Å². The number of pyridine rings is 1. The highest BCUT2D eigenvalue weighted by molar-refractivity contribution is 5.44. The Kier molecular flexibility index (Phi) is 1.41. The summed E-state index contributed by atoms with van der Waals surface area (Å²) in [5, 5.41) is 8.58. The first-order chi connectivity index (χ1) is 4.63. The Morgan fingerprint density at radius 2 is 2.10 bits per heavy atom. The highest BCUT2D eigenvalue weighted by atomic mass is 19.2. The smallest absolute Gasteiger partial charge is 0.205 e. The SMILES string of the molecule is Nc1ncc(F)c(F)c1O. The van der Waals surface area contributed by atoms with Gasteiger partial charge < -0.3 is 10.8 Å². The van der Waals surface area contributed by atoms with Gasteiger partial charge in [0.15, 0.2) is 17.4 Å². The minimum Gasteiger partial charge on any atom is -0.502 e. The molecule has 54 valence electrons. The average molecular weight is 146 g/mol. The average Bonchev–Trinajstić information content (AvgIpc) is 1.93. The van der Waals surface area contributed by atoms with Crippen LogP contribution in [0.15, 0.2) is 6.20 Å². The third-order valence-corrected chi connectivity index (χ3v) is 0.977. The van der Waals surface area contributed by atoms with E-state index in [1.54, 1.807) is 0 Å². The number of nitrogens with zero attached hydrogens (tertiary/aromatic N) is 1. The van der Waals surface area contributed by atoms with E-state index in [4.69, 9.17) is 10.8 Å². The summed E-state index contributed by atoms with van der Waals surface area (Å²) in [7, 11) is 0. The van der Waals surface area contributed by atoms with Crippen LogP contribution in [0.1, 0.15) is 0 Å². The molecule has 0 radical (unpaired) electrons. The van der Waals surface area contributed by atoms with Crippen LogP contribution in [0.5, 0.6) is 5.75 Å². The summed E-state index contributed by atoms with van der Waals surface area (Å²) in [5.74, 6) is -3.95. The monoisotopic (exact) mass is 146 g/mol. The normalized spacial score (nSPS) is 9.80. The highest BCUT2D eigenvalue weighted by Crippen LogP contribution is 2.22. The molecule has 0 unspecified atom stereocenters. The maximum Gasteiger partial charge on any atom is 0.205 e. The zero-order valence-electron chi connectivity index (χ0n) is 4.81. The number of hydrogen-bond donors (Lipinski definition) is 2. The molecule has 0 spiro atoms. The van der Waals surface area contributed by atoms with E-state index in [1.165, 1.54) is 0 Å². The van der Waals surface area contributed by atoms with Crippen molar-refractivity contribution in [2.45, 2.75) is 0 Å². The number of anilines is 1. The maximum absolute atomic E-state index is 12.2. The third-order valence-electron chi connectivity index (χ3n) is 0.977. The Balaban J connectivity index is 3.34. The molecule has 0 bridgehead atoms. The van der Waals surface area contributed by atoms with E-state index in [1.807, 2.05) is 0 Å². The van der Waals surface area contributed by atoms with E-state index in [9.17, 15) is 8.78 Å². The van der Waals surface area contributed by atoms with Crippen LogP contribution in [0, 0.1) is 11.6 Å². The molecule has 0 aliphatic carbocycles. The number of hydrogen-bond acceptors (Lipinski definition) is 3. The molecule has 0 aliphatic rings. The molecule has 5 heteroatoms. The molecule has 1 aromatic rings. The second-order valence-electron chi connectivity index (χ2n) is 1.65. The summed E-state index contributed by atoms with van der Waals surface area (Å²) >= 11 is 0. The van der Waals surface area contributed by atoms with Gasteiger partial charge in [0, 0.05) is 0 Å². The Hall–Kier alpha value is -1.39. The van der Waals surface area contributed by atoms with Gasteiger partial charge in [-0.2, -0.15) is 4.39 Å². The van der Waals surface area contributed by atoms with Crippen molar-refractivity contribution in [2.75, 3.05) is 5.73 Å². The number of halogens is 2. The number of aromatic hydroxyl groups is 1. The Bertz CT molecular complexity index is 237. The molecule has 0 aliphatic heterocycles. The molecule has 0 amide bonds. The van der Waals surface area contributed by atoms with Crippen molar-refractivity contribution in [3.8, 4) is 5.75 Å². The lowest BCUT2D eigenvalue weighted by Gasteiger charge is -1.97. The van der Waals surface area contributed by atoms with Crippen LogP contribution >= 0.6 is 0 Å². The first kappa shape index (κ1) is 6.73. The number of nitrogen functional groups attached to an aromatic ring is 1. The molecule has 3 nitrogen and oxygen atoms in total. The van der Waals surface area contributed by atoms with Crippen molar-refractivity contribution in [2.24, 2.45) is 0 Å². The van der Waals surface area contributed by atoms with Crippen LogP contribution in [-0.2, 0) is 0 Å². The molecule has 0 saturated heterocycles. The standard InChI is InChI=1S/C5H4F2N2O/c6-2-1-9-5(8)4(10)3(2)7/h1,10H,(H2,8,9). The van der Waals surface area contributed by atoms with Gasteiger partial charge in [-0.25, -0.2) is 9.37 Å². The molecule has 0 aromatic carbocycles. The first-order valence-corrected chi connectivity index (χ1v) is 2.41. The molecule has 1 heterocycles. The van der Waals surface area contributed by atoms with Gasteiger partial charge in [-0.3, -0.25) is 0 Å². The largest absolute Gasteiger partial charge is 0.502 e. The van der Waals surface area contributed by atoms with Gasteiger partial charge >= 0.3 is 0 Å². The van der Waals surface area contributed by atoms with Crippen molar-refractivity contribution in [3.63, 3.8) is 0 Å². The molecular formula is C5H4F2N2O. The second-order valence-corrected chi connectivity index (χ2v) is 1.65. The number of rotatable bonds is 0. The summed E-state index contributed by atoms with van der Waals surface area (Å²) in [6.07, 6.45) is 0.602. The summed E-state index contributed by atoms with van der Waals surface area (Å²) in [5.41, 5.74) is 4.92. The predicted molar refractivity (Wildman–Crippen MR) is 30.2 cm³/mol. The molecular weight excluding hydrogens is 142 g/mol. The fourth-order valence-electron chi connectivity index (χ4n) is 0.470. The lowest BCUT2D eigenvalue weighted by Crippen LogP contribution is -1.95. The third kappa shape index (κ3) is 0.854. The van der Waals surface area contributed by atoms with Crippen LogP contribution in [0.2, 0.25) is 0 Å². The van der Waals surface area contributed by atoms with Gasteiger partial charge in [-0.1, -0.05) is 0 Å². The van der Waals surface area contributed by atoms with Crippen molar-refractivity contribution in [1.82, 2.24) is 4.98 Å². The molecule has 10 heavy (non-hydrogen) atoms. The molecule has 0 fully saturated rings. The fraction of sp³-hybridized carbons (Fsp3) is 0. The molecule has 1 aromatic heterocycles. The lowest BCUT2D eigenvalue weighted by atomic mass is 10.4. The second kappa shape index (κ2) is 2.09. The van der Waals surface area contributed by atoms with Gasteiger partial charge in [0.05, 0.1) is 6.20 Å². The van der Waals surface area contributed by atoms with Crippen LogP contribution < -0.4 is 5.73 Å². The lowest BCUT2D eigenvalue weighted by molar-refractivity contribution is 0.405. The molecule has 0 saturated carbocycles. The first-order valence-electron chi connectivity index (χ1n) is 2.41. The van der Waals surface area contributed by atoms with Gasteiger partial charge in [-0.05, 0) is 0 Å². The van der Waals surface area contributed by atoms with Crippen molar-refractivity contribution in [3.05, 3.63) is 17.8 Å². The Morgan fingerprint density at radius 3 is 2.60 bits per heavy atom. The van der Waals surface area contributed by atoms with Crippen molar-refractivity contribution in [1.29, 1.82) is 0 Å². The van der Waals surface area contributed by atoms with Crippen LogP contribution in [0.25, 0.3) is 0 Å². The minimum absolute atomic E-state index is 0.418. The van der Waals surface area contributed by atoms with Gasteiger partial charge in [0.1, 0.15) is 0 Å². The zero-order chi connectivity index (χ0) is 7.72. The van der Waals surface area contributed by atoms with E-state index in [0.29, 0.717) is 6.20 Å². The predicted octanol–water partition coefficient (Wildman–Crippen LogP) is 0.648. The summed E-state index contributed by atoms with van der Waals surface area (Å²) in [6.45, 7) is 0. The van der Waals surface area contributed by atoms with Gasteiger partial charge in [0.2, 0.25) is 5.82 Å². The summed E-state index contributed by atoms with van der Waals surface area (Å²) < 4.78 is 24.4. The van der Waals surface area contributed by atoms with Crippen LogP contribution in [-0.4, -0.2) is 10.1 Å². The van der Waals surface area contributed by atoms with E-state index in [-0.39, 0.29) is 0 Å². The van der Waals surface area contributed by atoms with E-state index in [2.05, 4.69) is 4.98 Å². The summed E-state index contributed by atoms with van der Waals surface area (Å²) in [6, 6.07) is 0. The molecule has 3 N–H and O–H groups in total. The van der Waals surface area contributed by atoms with Gasteiger partial charge in [-0.15, -0.1) is 0 Å². The minimum atomic E-state index is -1.37. The zero-order valence-corrected chi connectivity index (χ0v) is 4.81. The topological polar surface area (TPSA) is 59.1 Å². The van der Waals surface area contributed by atoms with Gasteiger partial charge in [0.25, 0.3) is 0 Å². The van der Waals surface area contributed by atoms with E-state index in [0.717, 1.165) is 0 Å². The number of nitrogens with two attached hydrogens (primary N) is 1. The van der Waals surface area contributed by atoms with E-state index < -0.39 is 23.2 Å². The van der Waals surface area contributed by atoms with Crippen LogP contribution in [0.3, 0.4) is 0 Å².